The first kappa shape index (κ1) is 16.9. The fraction of sp³-hybridized carbons (Fsp3) is 0.364. The minimum absolute atomic E-state index is 0.398. The zero-order chi connectivity index (χ0) is 16.3. The Kier molecular flexibility index (Phi) is 4.92. The third-order valence-electron chi connectivity index (χ3n) is 2.30. The van der Waals surface area contributed by atoms with Crippen LogP contribution in [0.15, 0.2) is 24.3 Å². The van der Waals surface area contributed by atoms with Crippen molar-refractivity contribution in [3.8, 4) is 5.75 Å². The van der Waals surface area contributed by atoms with Crippen LogP contribution in [0.4, 0.5) is 32.0 Å². The van der Waals surface area contributed by atoms with Gasteiger partial charge in [-0.15, -0.1) is 13.2 Å². The fourth-order valence-corrected chi connectivity index (χ4v) is 1.38. The molecule has 0 bridgehead atoms. The predicted octanol–water partition coefficient (Wildman–Crippen LogP) is 3.26. The Hall–Kier alpha value is -2.13. The lowest BCUT2D eigenvalue weighted by atomic mass is 10.1. The smallest absolute Gasteiger partial charge is 0.481 e. The number of alkyl halides is 6. The number of hydrogen-bond acceptors (Lipinski definition) is 3. The second-order valence-electron chi connectivity index (χ2n) is 3.86. The number of rotatable bonds is 5. The van der Waals surface area contributed by atoms with Crippen molar-refractivity contribution in [1.29, 1.82) is 0 Å². The summed E-state index contributed by atoms with van der Waals surface area (Å²) < 4.78 is 77.2. The van der Waals surface area contributed by atoms with Crippen molar-refractivity contribution in [2.24, 2.45) is 5.92 Å². The molecule has 21 heavy (non-hydrogen) atoms. The van der Waals surface area contributed by atoms with E-state index < -0.39 is 42.4 Å². The Morgan fingerprint density at radius 3 is 2.24 bits per heavy atom. The van der Waals surface area contributed by atoms with Crippen molar-refractivity contribution in [2.45, 2.75) is 12.5 Å². The fourth-order valence-electron chi connectivity index (χ4n) is 1.38. The molecule has 0 aliphatic rings. The average Bonchev–Trinajstić information content (AvgIpc) is 2.27. The highest BCUT2D eigenvalue weighted by Crippen LogP contribution is 2.32. The Labute approximate surface area is 114 Å². The molecule has 1 aromatic carbocycles. The summed E-state index contributed by atoms with van der Waals surface area (Å²) in [7, 11) is 0. The highest BCUT2D eigenvalue weighted by atomic mass is 19.4. The van der Waals surface area contributed by atoms with Gasteiger partial charge in [-0.1, -0.05) is 12.1 Å². The van der Waals surface area contributed by atoms with Crippen LogP contribution >= 0.6 is 0 Å². The van der Waals surface area contributed by atoms with Crippen LogP contribution in [-0.2, 0) is 4.79 Å². The molecule has 0 amide bonds. The van der Waals surface area contributed by atoms with Crippen LogP contribution in [-0.4, -0.2) is 30.2 Å². The Morgan fingerprint density at radius 2 is 1.76 bits per heavy atom. The SMILES string of the molecule is O=C(O)C(CNc1ccccc1OC(F)(F)F)C(F)(F)F. The lowest BCUT2D eigenvalue weighted by Gasteiger charge is -2.19. The van der Waals surface area contributed by atoms with Crippen molar-refractivity contribution in [1.82, 2.24) is 0 Å². The van der Waals surface area contributed by atoms with Gasteiger partial charge in [0.1, 0.15) is 0 Å². The molecule has 1 aromatic rings. The van der Waals surface area contributed by atoms with Crippen molar-refractivity contribution in [3.63, 3.8) is 0 Å². The van der Waals surface area contributed by atoms with Gasteiger partial charge in [0, 0.05) is 6.54 Å². The molecule has 0 heterocycles. The maximum atomic E-state index is 12.4. The summed E-state index contributed by atoms with van der Waals surface area (Å²) in [6.07, 6.45) is -10.0. The van der Waals surface area contributed by atoms with E-state index in [-0.39, 0.29) is 0 Å². The minimum atomic E-state index is -5.03. The molecular formula is C11H9F6NO3. The molecule has 1 rings (SSSR count). The number of aliphatic carboxylic acids is 1. The lowest BCUT2D eigenvalue weighted by molar-refractivity contribution is -0.274. The van der Waals surface area contributed by atoms with E-state index in [4.69, 9.17) is 5.11 Å². The molecule has 10 heteroatoms. The topological polar surface area (TPSA) is 58.6 Å². The number of ether oxygens (including phenoxy) is 1. The molecule has 0 saturated heterocycles. The average molecular weight is 317 g/mol. The number of carboxylic acids is 1. The number of nitrogens with one attached hydrogen (secondary N) is 1. The van der Waals surface area contributed by atoms with Crippen LogP contribution in [0.3, 0.4) is 0 Å². The first-order chi connectivity index (χ1) is 9.50. The summed E-state index contributed by atoms with van der Waals surface area (Å²) in [6.45, 7) is -1.13. The standard InChI is InChI=1S/C11H9F6NO3/c12-10(13,14)6(9(19)20)5-18-7-3-1-2-4-8(7)21-11(15,16)17/h1-4,6,18H,5H2,(H,19,20). The Morgan fingerprint density at radius 1 is 1.19 bits per heavy atom. The number of carbonyl (C=O) groups is 1. The second kappa shape index (κ2) is 6.10. The minimum Gasteiger partial charge on any atom is -0.481 e. The monoisotopic (exact) mass is 317 g/mol. The van der Waals surface area contributed by atoms with Gasteiger partial charge < -0.3 is 15.2 Å². The van der Waals surface area contributed by atoms with Crippen molar-refractivity contribution in [3.05, 3.63) is 24.3 Å². The van der Waals surface area contributed by atoms with E-state index in [0.29, 0.717) is 0 Å². The summed E-state index contributed by atoms with van der Waals surface area (Å²) >= 11 is 0. The number of halogens is 6. The predicted molar refractivity (Wildman–Crippen MR) is 58.8 cm³/mol. The molecule has 2 N–H and O–H groups in total. The number of hydrogen-bond donors (Lipinski definition) is 2. The van der Waals surface area contributed by atoms with E-state index in [1.54, 1.807) is 0 Å². The van der Waals surface area contributed by atoms with E-state index in [2.05, 4.69) is 4.74 Å². The summed E-state index contributed by atoms with van der Waals surface area (Å²) in [4.78, 5) is 10.5. The zero-order valence-electron chi connectivity index (χ0n) is 10.1. The van der Waals surface area contributed by atoms with Crippen molar-refractivity contribution < 1.29 is 41.0 Å². The molecule has 0 radical (unpaired) electrons. The van der Waals surface area contributed by atoms with Gasteiger partial charge in [-0.2, -0.15) is 13.2 Å². The Balaban J connectivity index is 2.86. The van der Waals surface area contributed by atoms with Crippen molar-refractivity contribution in [2.75, 3.05) is 11.9 Å². The van der Waals surface area contributed by atoms with Crippen LogP contribution < -0.4 is 10.1 Å². The second-order valence-corrected chi connectivity index (χ2v) is 3.86. The number of anilines is 1. The highest BCUT2D eigenvalue weighted by Gasteiger charge is 2.45. The van der Waals surface area contributed by atoms with Gasteiger partial charge in [-0.3, -0.25) is 4.79 Å². The highest BCUT2D eigenvalue weighted by molar-refractivity contribution is 5.72. The van der Waals surface area contributed by atoms with Gasteiger partial charge in [-0.25, -0.2) is 0 Å². The quantitative estimate of drug-likeness (QED) is 0.819. The third-order valence-corrected chi connectivity index (χ3v) is 2.30. The van der Waals surface area contributed by atoms with Gasteiger partial charge in [-0.05, 0) is 12.1 Å². The molecule has 0 fully saturated rings. The summed E-state index contributed by atoms with van der Waals surface area (Å²) in [5.74, 6) is -5.64. The van der Waals surface area contributed by atoms with E-state index in [0.717, 1.165) is 12.1 Å². The molecule has 0 spiro atoms. The molecule has 0 aliphatic carbocycles. The van der Waals surface area contributed by atoms with E-state index in [1.165, 1.54) is 12.1 Å². The molecule has 0 aliphatic heterocycles. The lowest BCUT2D eigenvalue weighted by Crippen LogP contribution is -2.36. The molecule has 118 valence electrons. The largest absolute Gasteiger partial charge is 0.573 e. The van der Waals surface area contributed by atoms with E-state index in [9.17, 15) is 31.1 Å². The van der Waals surface area contributed by atoms with Gasteiger partial charge in [0.2, 0.25) is 0 Å². The maximum Gasteiger partial charge on any atom is 0.573 e. The number of para-hydroxylation sites is 2. The number of benzene rings is 1. The van der Waals surface area contributed by atoms with Crippen LogP contribution in [0.5, 0.6) is 5.75 Å². The Bertz CT molecular complexity index is 499. The maximum absolute atomic E-state index is 12.4. The van der Waals surface area contributed by atoms with Crippen LogP contribution in [0.25, 0.3) is 0 Å². The van der Waals surface area contributed by atoms with Crippen molar-refractivity contribution >= 4 is 11.7 Å². The number of carboxylic acid groups (broad SMARTS) is 1. The van der Waals surface area contributed by atoms with Gasteiger partial charge in [0.25, 0.3) is 0 Å². The van der Waals surface area contributed by atoms with Gasteiger partial charge in [0.05, 0.1) is 5.69 Å². The first-order valence-corrected chi connectivity index (χ1v) is 5.39. The van der Waals surface area contributed by atoms with E-state index in [1.807, 2.05) is 5.32 Å². The summed E-state index contributed by atoms with van der Waals surface area (Å²) in [5.41, 5.74) is -0.398. The molecular weight excluding hydrogens is 308 g/mol. The van der Waals surface area contributed by atoms with Crippen LogP contribution in [0.2, 0.25) is 0 Å². The van der Waals surface area contributed by atoms with E-state index >= 15 is 0 Å². The molecule has 0 aromatic heterocycles. The molecule has 1 atom stereocenters. The summed E-state index contributed by atoms with van der Waals surface area (Å²) in [5, 5.41) is 10.5. The first-order valence-electron chi connectivity index (χ1n) is 5.39. The van der Waals surface area contributed by atoms with Gasteiger partial charge in [0.15, 0.2) is 11.7 Å². The zero-order valence-corrected chi connectivity index (χ0v) is 10.1. The van der Waals surface area contributed by atoms with Crippen LogP contribution in [0.1, 0.15) is 0 Å². The van der Waals surface area contributed by atoms with Gasteiger partial charge >= 0.3 is 18.5 Å². The molecule has 4 nitrogen and oxygen atoms in total. The molecule has 0 saturated carbocycles. The third kappa shape index (κ3) is 5.40. The summed E-state index contributed by atoms with van der Waals surface area (Å²) in [6, 6.07) is 4.37. The normalized spacial score (nSPS) is 13.6. The van der Waals surface area contributed by atoms with Crippen LogP contribution in [0, 0.1) is 5.92 Å². The molecule has 1 unspecified atom stereocenters.